The Morgan fingerprint density at radius 1 is 0.926 bits per heavy atom. The van der Waals surface area contributed by atoms with Crippen molar-refractivity contribution < 1.29 is 4.79 Å². The Morgan fingerprint density at radius 3 is 2.33 bits per heavy atom. The summed E-state index contributed by atoms with van der Waals surface area (Å²) in [4.78, 5) is 17.0. The van der Waals surface area contributed by atoms with Gasteiger partial charge in [0.25, 0.3) is 0 Å². The molecule has 2 amide bonds. The topological polar surface area (TPSA) is 47.6 Å². The Hall–Kier alpha value is -1.40. The van der Waals surface area contributed by atoms with Gasteiger partial charge in [0.05, 0.1) is 0 Å². The number of likely N-dealkylation sites (tertiary alicyclic amines) is 1. The van der Waals surface area contributed by atoms with Gasteiger partial charge in [0.15, 0.2) is 0 Å². The summed E-state index contributed by atoms with van der Waals surface area (Å²) in [5, 5.41) is 5.95. The quantitative estimate of drug-likeness (QED) is 0.702. The Kier molecular flexibility index (Phi) is 8.62. The molecule has 2 fully saturated rings. The first-order valence-corrected chi connectivity index (χ1v) is 11.6. The van der Waals surface area contributed by atoms with Gasteiger partial charge < -0.3 is 20.4 Å². The first-order valence-electron chi connectivity index (χ1n) is 10.5. The standard InChI is InChI=1S/C21H34N4OS/c26-21(22-10-5-13-24-11-3-1-2-4-12-24)23-18-19-6-8-20(9-7-19)25-14-16-27-17-15-25/h6-9H,1-5,10-18H2,(H2,22,23,26). The van der Waals surface area contributed by atoms with Crippen LogP contribution in [0, 0.1) is 0 Å². The van der Waals surface area contributed by atoms with Crippen LogP contribution >= 0.6 is 11.8 Å². The van der Waals surface area contributed by atoms with Gasteiger partial charge in [-0.25, -0.2) is 4.79 Å². The molecular weight excluding hydrogens is 356 g/mol. The zero-order chi connectivity index (χ0) is 18.7. The molecule has 150 valence electrons. The van der Waals surface area contributed by atoms with E-state index in [-0.39, 0.29) is 6.03 Å². The van der Waals surface area contributed by atoms with Crippen LogP contribution in [0.25, 0.3) is 0 Å². The molecule has 0 spiro atoms. The predicted octanol–water partition coefficient (Wildman–Crippen LogP) is 3.31. The Morgan fingerprint density at radius 2 is 1.63 bits per heavy atom. The van der Waals surface area contributed by atoms with Crippen molar-refractivity contribution in [3.05, 3.63) is 29.8 Å². The molecule has 2 saturated heterocycles. The van der Waals surface area contributed by atoms with Gasteiger partial charge in [0.1, 0.15) is 0 Å². The molecular formula is C21H34N4OS. The number of urea groups is 1. The average Bonchev–Trinajstić information content (AvgIpc) is 3.00. The molecule has 2 aliphatic heterocycles. The lowest BCUT2D eigenvalue weighted by Crippen LogP contribution is -2.37. The Bertz CT molecular complexity index is 552. The van der Waals surface area contributed by atoms with Gasteiger partial charge in [0.2, 0.25) is 0 Å². The molecule has 0 aromatic heterocycles. The highest BCUT2D eigenvalue weighted by Gasteiger charge is 2.11. The molecule has 27 heavy (non-hydrogen) atoms. The van der Waals surface area contributed by atoms with Gasteiger partial charge in [-0.05, 0) is 56.6 Å². The predicted molar refractivity (Wildman–Crippen MR) is 116 cm³/mol. The van der Waals surface area contributed by atoms with Crippen LogP contribution in [0.2, 0.25) is 0 Å². The van der Waals surface area contributed by atoms with E-state index in [9.17, 15) is 4.79 Å². The number of amides is 2. The first kappa shape index (κ1) is 20.3. The second-order valence-corrected chi connectivity index (χ2v) is 8.71. The number of nitrogens with zero attached hydrogens (tertiary/aromatic N) is 2. The highest BCUT2D eigenvalue weighted by Crippen LogP contribution is 2.19. The molecule has 0 aliphatic carbocycles. The minimum atomic E-state index is -0.0667. The summed E-state index contributed by atoms with van der Waals surface area (Å²) in [6, 6.07) is 8.52. The molecule has 1 aromatic carbocycles. The number of hydrogen-bond acceptors (Lipinski definition) is 4. The van der Waals surface area contributed by atoms with E-state index < -0.39 is 0 Å². The highest BCUT2D eigenvalue weighted by atomic mass is 32.2. The molecule has 0 atom stereocenters. The summed E-state index contributed by atoms with van der Waals surface area (Å²) in [5.74, 6) is 2.42. The summed E-state index contributed by atoms with van der Waals surface area (Å²) in [5.41, 5.74) is 2.43. The van der Waals surface area contributed by atoms with Crippen LogP contribution in [-0.4, -0.2) is 61.7 Å². The first-order chi connectivity index (χ1) is 13.3. The van der Waals surface area contributed by atoms with Crippen molar-refractivity contribution >= 4 is 23.5 Å². The summed E-state index contributed by atoms with van der Waals surface area (Å²) in [6.45, 7) is 7.11. The van der Waals surface area contributed by atoms with Crippen molar-refractivity contribution in [2.75, 3.05) is 55.7 Å². The number of thioether (sulfide) groups is 1. The summed E-state index contributed by atoms with van der Waals surface area (Å²) >= 11 is 2.03. The van der Waals surface area contributed by atoms with E-state index in [2.05, 4.69) is 44.7 Å². The van der Waals surface area contributed by atoms with Crippen molar-refractivity contribution in [1.82, 2.24) is 15.5 Å². The van der Waals surface area contributed by atoms with Crippen LogP contribution in [-0.2, 0) is 6.54 Å². The van der Waals surface area contributed by atoms with E-state index in [0.717, 1.165) is 38.2 Å². The molecule has 5 nitrogen and oxygen atoms in total. The molecule has 0 unspecified atom stereocenters. The number of carbonyl (C=O) groups is 1. The van der Waals surface area contributed by atoms with Gasteiger partial charge >= 0.3 is 6.03 Å². The van der Waals surface area contributed by atoms with Crippen LogP contribution < -0.4 is 15.5 Å². The third-order valence-corrected chi connectivity index (χ3v) is 6.34. The molecule has 2 N–H and O–H groups in total. The van der Waals surface area contributed by atoms with Gasteiger partial charge in [-0.3, -0.25) is 0 Å². The molecule has 0 bridgehead atoms. The van der Waals surface area contributed by atoms with Crippen molar-refractivity contribution in [3.8, 4) is 0 Å². The number of hydrogen-bond donors (Lipinski definition) is 2. The summed E-state index contributed by atoms with van der Waals surface area (Å²) < 4.78 is 0. The van der Waals surface area contributed by atoms with E-state index in [1.807, 2.05) is 11.8 Å². The van der Waals surface area contributed by atoms with Crippen molar-refractivity contribution in [2.45, 2.75) is 38.6 Å². The summed E-state index contributed by atoms with van der Waals surface area (Å²) in [7, 11) is 0. The normalized spacial score (nSPS) is 18.7. The van der Waals surface area contributed by atoms with Gasteiger partial charge in [-0.2, -0.15) is 11.8 Å². The lowest BCUT2D eigenvalue weighted by Gasteiger charge is -2.28. The Balaban J connectivity index is 1.29. The number of anilines is 1. The van der Waals surface area contributed by atoms with Gasteiger partial charge in [-0.15, -0.1) is 0 Å². The largest absolute Gasteiger partial charge is 0.370 e. The van der Waals surface area contributed by atoms with E-state index in [4.69, 9.17) is 0 Å². The second-order valence-electron chi connectivity index (χ2n) is 7.48. The van der Waals surface area contributed by atoms with Crippen LogP contribution in [0.4, 0.5) is 10.5 Å². The zero-order valence-electron chi connectivity index (χ0n) is 16.4. The molecule has 2 heterocycles. The zero-order valence-corrected chi connectivity index (χ0v) is 17.2. The average molecular weight is 391 g/mol. The molecule has 1 aromatic rings. The minimum absolute atomic E-state index is 0.0667. The van der Waals surface area contributed by atoms with Crippen LogP contribution in [0.1, 0.15) is 37.7 Å². The number of benzene rings is 1. The fraction of sp³-hybridized carbons (Fsp3) is 0.667. The van der Waals surface area contributed by atoms with Crippen molar-refractivity contribution in [3.63, 3.8) is 0 Å². The molecule has 2 aliphatic rings. The van der Waals surface area contributed by atoms with Crippen LogP contribution in [0.5, 0.6) is 0 Å². The molecule has 0 saturated carbocycles. The summed E-state index contributed by atoms with van der Waals surface area (Å²) in [6.07, 6.45) is 6.41. The number of nitrogens with one attached hydrogen (secondary N) is 2. The third-order valence-electron chi connectivity index (χ3n) is 5.40. The Labute approximate surface area is 168 Å². The number of rotatable bonds is 7. The lowest BCUT2D eigenvalue weighted by atomic mass is 10.2. The van der Waals surface area contributed by atoms with E-state index in [0.29, 0.717) is 6.54 Å². The minimum Gasteiger partial charge on any atom is -0.370 e. The van der Waals surface area contributed by atoms with E-state index >= 15 is 0 Å². The van der Waals surface area contributed by atoms with Gasteiger partial charge in [0, 0.05) is 43.4 Å². The fourth-order valence-electron chi connectivity index (χ4n) is 3.76. The fourth-order valence-corrected chi connectivity index (χ4v) is 4.66. The maximum atomic E-state index is 12.0. The van der Waals surface area contributed by atoms with Crippen molar-refractivity contribution in [1.29, 1.82) is 0 Å². The second kappa shape index (κ2) is 11.4. The SMILES string of the molecule is O=C(NCCCN1CCCCCC1)NCc1ccc(N2CCSCC2)cc1. The number of carbonyl (C=O) groups excluding carboxylic acids is 1. The maximum Gasteiger partial charge on any atom is 0.315 e. The molecule has 6 heteroatoms. The van der Waals surface area contributed by atoms with E-state index in [1.165, 1.54) is 56.0 Å². The van der Waals surface area contributed by atoms with Crippen molar-refractivity contribution in [2.24, 2.45) is 0 Å². The van der Waals surface area contributed by atoms with Gasteiger partial charge in [-0.1, -0.05) is 25.0 Å². The molecule has 0 radical (unpaired) electrons. The maximum absolute atomic E-state index is 12.0. The van der Waals surface area contributed by atoms with E-state index in [1.54, 1.807) is 0 Å². The monoisotopic (exact) mass is 390 g/mol. The smallest absolute Gasteiger partial charge is 0.315 e. The highest BCUT2D eigenvalue weighted by molar-refractivity contribution is 7.99. The van der Waals surface area contributed by atoms with Crippen LogP contribution in [0.3, 0.4) is 0 Å². The third kappa shape index (κ3) is 7.26. The molecule has 3 rings (SSSR count). The lowest BCUT2D eigenvalue weighted by molar-refractivity contribution is 0.238. The van der Waals surface area contributed by atoms with Crippen LogP contribution in [0.15, 0.2) is 24.3 Å².